The summed E-state index contributed by atoms with van der Waals surface area (Å²) in [5.41, 5.74) is 0.474. The molecule has 0 unspecified atom stereocenters. The highest BCUT2D eigenvalue weighted by Gasteiger charge is 2.35. The van der Waals surface area contributed by atoms with E-state index in [1.807, 2.05) is 4.90 Å². The van der Waals surface area contributed by atoms with Gasteiger partial charge in [-0.2, -0.15) is 0 Å². The number of sulfone groups is 1. The number of carbonyl (C=O) groups excluding carboxylic acids is 1. The van der Waals surface area contributed by atoms with Crippen molar-refractivity contribution in [2.45, 2.75) is 69.5 Å². The number of amides is 2. The van der Waals surface area contributed by atoms with E-state index in [0.717, 1.165) is 32.4 Å². The minimum absolute atomic E-state index is 0.0695. The van der Waals surface area contributed by atoms with Gasteiger partial charge in [0.1, 0.15) is 0 Å². The lowest BCUT2D eigenvalue weighted by molar-refractivity contribution is 0.157. The van der Waals surface area contributed by atoms with Crippen LogP contribution in [-0.2, 0) is 9.84 Å². The van der Waals surface area contributed by atoms with Crippen LogP contribution in [0.15, 0.2) is 0 Å². The molecule has 3 fully saturated rings. The summed E-state index contributed by atoms with van der Waals surface area (Å²) in [6.45, 7) is 1.91. The fraction of sp³-hybridized carbons (Fsp3) is 0.941. The predicted octanol–water partition coefficient (Wildman–Crippen LogP) is 2.71. The second-order valence-electron chi connectivity index (χ2n) is 7.72. The van der Waals surface area contributed by atoms with Gasteiger partial charge in [-0.3, -0.25) is 0 Å². The number of likely N-dealkylation sites (tertiary alicyclic amines) is 1. The number of hydrogen-bond donors (Lipinski definition) is 1. The van der Waals surface area contributed by atoms with Crippen molar-refractivity contribution < 1.29 is 13.2 Å². The highest BCUT2D eigenvalue weighted by Crippen LogP contribution is 2.44. The summed E-state index contributed by atoms with van der Waals surface area (Å²) < 4.78 is 23.7. The molecule has 1 spiro atoms. The van der Waals surface area contributed by atoms with E-state index in [2.05, 4.69) is 5.32 Å². The molecule has 0 bridgehead atoms. The first kappa shape index (κ1) is 17.1. The van der Waals surface area contributed by atoms with Crippen LogP contribution in [0.4, 0.5) is 4.79 Å². The lowest BCUT2D eigenvalue weighted by Gasteiger charge is -2.36. The van der Waals surface area contributed by atoms with Crippen LogP contribution in [-0.4, -0.2) is 50.0 Å². The van der Waals surface area contributed by atoms with Crippen LogP contribution in [0, 0.1) is 5.41 Å². The first-order valence-corrected chi connectivity index (χ1v) is 11.0. The van der Waals surface area contributed by atoms with Gasteiger partial charge in [0.25, 0.3) is 0 Å². The Hall–Kier alpha value is -0.780. The summed E-state index contributed by atoms with van der Waals surface area (Å²) in [4.78, 5) is 14.3. The molecular formula is C17H30N2O3S. The lowest BCUT2D eigenvalue weighted by Crippen LogP contribution is -2.44. The summed E-state index contributed by atoms with van der Waals surface area (Å²) in [7, 11) is -2.98. The minimum atomic E-state index is -2.98. The zero-order chi connectivity index (χ0) is 16.3. The summed E-state index contributed by atoms with van der Waals surface area (Å²) in [6.07, 6.45) is 11.5. The monoisotopic (exact) mass is 342 g/mol. The zero-order valence-electron chi connectivity index (χ0n) is 14.1. The van der Waals surface area contributed by atoms with E-state index in [9.17, 15) is 13.2 Å². The average Bonchev–Trinajstić information content (AvgIpc) is 2.74. The van der Waals surface area contributed by atoms with Gasteiger partial charge >= 0.3 is 6.03 Å². The largest absolute Gasteiger partial charge is 0.337 e. The van der Waals surface area contributed by atoms with Crippen LogP contribution in [0.25, 0.3) is 0 Å². The van der Waals surface area contributed by atoms with E-state index in [4.69, 9.17) is 0 Å². The first-order valence-electron chi connectivity index (χ1n) is 9.25. The summed E-state index contributed by atoms with van der Waals surface area (Å²) in [5.74, 6) is 0.278. The van der Waals surface area contributed by atoms with Gasteiger partial charge in [0.05, 0.1) is 11.0 Å². The molecule has 2 amide bonds. The van der Waals surface area contributed by atoms with E-state index >= 15 is 0 Å². The molecule has 0 aromatic carbocycles. The van der Waals surface area contributed by atoms with Crippen LogP contribution in [0.2, 0.25) is 0 Å². The maximum atomic E-state index is 12.4. The quantitative estimate of drug-likeness (QED) is 0.839. The molecule has 0 radical (unpaired) electrons. The molecule has 1 N–H and O–H groups in total. The third-order valence-electron chi connectivity index (χ3n) is 6.19. The number of rotatable bonds is 2. The van der Waals surface area contributed by atoms with Crippen molar-refractivity contribution in [3.8, 4) is 0 Å². The maximum absolute atomic E-state index is 12.4. The molecule has 1 saturated carbocycles. The number of nitrogens with one attached hydrogen (secondary N) is 1. The first-order chi connectivity index (χ1) is 11.0. The smallest absolute Gasteiger partial charge is 0.317 e. The molecule has 23 heavy (non-hydrogen) atoms. The lowest BCUT2D eigenvalue weighted by atomic mass is 9.69. The van der Waals surface area contributed by atoms with E-state index in [-0.39, 0.29) is 23.6 Å². The van der Waals surface area contributed by atoms with Crippen LogP contribution in [0.5, 0.6) is 0 Å². The van der Waals surface area contributed by atoms with Gasteiger partial charge < -0.3 is 10.2 Å². The topological polar surface area (TPSA) is 66.5 Å². The van der Waals surface area contributed by atoms with Crippen LogP contribution in [0.3, 0.4) is 0 Å². The summed E-state index contributed by atoms with van der Waals surface area (Å²) in [5, 5.41) is 2.50. The van der Waals surface area contributed by atoms with E-state index < -0.39 is 9.84 Å². The third kappa shape index (κ3) is 4.01. The Labute approximate surface area is 140 Å². The van der Waals surface area contributed by atoms with Crippen molar-refractivity contribution >= 4 is 15.9 Å². The normalized spacial score (nSPS) is 30.1. The van der Waals surface area contributed by atoms with Crippen LogP contribution >= 0.6 is 0 Å². The number of carbonyl (C=O) groups is 1. The van der Waals surface area contributed by atoms with Crippen molar-refractivity contribution in [1.82, 2.24) is 10.2 Å². The molecule has 0 aromatic rings. The molecule has 2 heterocycles. The van der Waals surface area contributed by atoms with Gasteiger partial charge in [-0.25, -0.2) is 13.2 Å². The molecule has 0 aromatic heterocycles. The molecular weight excluding hydrogens is 312 g/mol. The fourth-order valence-electron chi connectivity index (χ4n) is 4.66. The molecule has 1 atom stereocenters. The van der Waals surface area contributed by atoms with Crippen molar-refractivity contribution in [1.29, 1.82) is 0 Å². The standard InChI is InChI=1S/C17H30N2O3S/c20-16(18-14-15-6-4-13-23(15,21)22)19-11-5-9-17(10-12-19)7-2-1-3-8-17/h15H,1-14H2,(H,18,20)/t15-/m1/s1. The number of urea groups is 1. The highest BCUT2D eigenvalue weighted by molar-refractivity contribution is 7.92. The van der Waals surface area contributed by atoms with Crippen LogP contribution in [0.1, 0.15) is 64.2 Å². The number of hydrogen-bond acceptors (Lipinski definition) is 3. The van der Waals surface area contributed by atoms with Crippen molar-refractivity contribution in [2.75, 3.05) is 25.4 Å². The Morgan fingerprint density at radius 3 is 2.43 bits per heavy atom. The van der Waals surface area contributed by atoms with Gasteiger partial charge in [0.2, 0.25) is 0 Å². The van der Waals surface area contributed by atoms with Gasteiger partial charge in [-0.1, -0.05) is 19.3 Å². The summed E-state index contributed by atoms with van der Waals surface area (Å²) in [6, 6.07) is -0.0695. The molecule has 1 aliphatic carbocycles. The van der Waals surface area contributed by atoms with Gasteiger partial charge in [0, 0.05) is 19.6 Å². The minimum Gasteiger partial charge on any atom is -0.337 e. The van der Waals surface area contributed by atoms with Crippen molar-refractivity contribution in [3.05, 3.63) is 0 Å². The van der Waals surface area contributed by atoms with Crippen molar-refractivity contribution in [3.63, 3.8) is 0 Å². The highest BCUT2D eigenvalue weighted by atomic mass is 32.2. The third-order valence-corrected chi connectivity index (χ3v) is 8.47. The Bertz CT molecular complexity index is 526. The Balaban J connectivity index is 1.50. The maximum Gasteiger partial charge on any atom is 0.317 e. The molecule has 5 nitrogen and oxygen atoms in total. The molecule has 2 saturated heterocycles. The number of nitrogens with zero attached hydrogens (tertiary/aromatic N) is 1. The Morgan fingerprint density at radius 2 is 1.74 bits per heavy atom. The molecule has 3 aliphatic rings. The van der Waals surface area contributed by atoms with E-state index in [1.54, 1.807) is 0 Å². The van der Waals surface area contributed by atoms with Gasteiger partial charge in [0.15, 0.2) is 9.84 Å². The molecule has 2 aliphatic heterocycles. The van der Waals surface area contributed by atoms with Crippen molar-refractivity contribution in [2.24, 2.45) is 5.41 Å². The van der Waals surface area contributed by atoms with Gasteiger partial charge in [-0.15, -0.1) is 0 Å². The second kappa shape index (κ2) is 6.99. The second-order valence-corrected chi connectivity index (χ2v) is 10.1. The van der Waals surface area contributed by atoms with E-state index in [0.29, 0.717) is 11.8 Å². The Morgan fingerprint density at radius 1 is 1.00 bits per heavy atom. The summed E-state index contributed by atoms with van der Waals surface area (Å²) >= 11 is 0. The fourth-order valence-corrected chi connectivity index (χ4v) is 6.42. The predicted molar refractivity (Wildman–Crippen MR) is 91.1 cm³/mol. The Kier molecular flexibility index (Phi) is 5.19. The average molecular weight is 343 g/mol. The molecule has 6 heteroatoms. The van der Waals surface area contributed by atoms with E-state index in [1.165, 1.54) is 38.5 Å². The van der Waals surface area contributed by atoms with Gasteiger partial charge in [-0.05, 0) is 50.4 Å². The molecule has 132 valence electrons. The zero-order valence-corrected chi connectivity index (χ0v) is 14.9. The SMILES string of the molecule is O=C(NC[C@H]1CCCS1(=O)=O)N1CCCC2(CCCCC2)CC1. The molecule has 3 rings (SSSR count). The van der Waals surface area contributed by atoms with Crippen LogP contribution < -0.4 is 5.32 Å².